The number of aliphatic hydroxyl groups is 2. The van der Waals surface area contributed by atoms with Crippen molar-refractivity contribution in [2.24, 2.45) is 5.73 Å². The Balaban J connectivity index is 2.83. The number of benzene rings is 1. The third-order valence-electron chi connectivity index (χ3n) is 2.21. The van der Waals surface area contributed by atoms with Crippen LogP contribution in [0.2, 0.25) is 0 Å². The second-order valence-corrected chi connectivity index (χ2v) is 3.80. The van der Waals surface area contributed by atoms with Crippen molar-refractivity contribution in [1.82, 2.24) is 0 Å². The van der Waals surface area contributed by atoms with Crippen LogP contribution in [0.5, 0.6) is 5.75 Å². The summed E-state index contributed by atoms with van der Waals surface area (Å²) >= 11 is 0. The normalized spacial score (nSPS) is 14.8. The molecule has 1 rings (SSSR count). The molecule has 0 aromatic heterocycles. The summed E-state index contributed by atoms with van der Waals surface area (Å²) in [6, 6.07) is 4.47. The number of aliphatic hydroxyl groups excluding tert-OH is 2. The van der Waals surface area contributed by atoms with Crippen LogP contribution in [0, 0.1) is 0 Å². The lowest BCUT2D eigenvalue weighted by Gasteiger charge is -2.18. The van der Waals surface area contributed by atoms with Gasteiger partial charge in [0.2, 0.25) is 5.91 Å². The van der Waals surface area contributed by atoms with Crippen LogP contribution in [-0.2, 0) is 4.79 Å². The molecule has 0 spiro atoms. The van der Waals surface area contributed by atoms with Crippen molar-refractivity contribution in [2.75, 3.05) is 0 Å². The molecule has 4 N–H and O–H groups in total. The summed E-state index contributed by atoms with van der Waals surface area (Å²) in [6.45, 7) is 0. The highest BCUT2D eigenvalue weighted by Crippen LogP contribution is 2.27. The smallest absolute Gasteiger partial charge is 0.406 e. The molecule has 2 unspecified atom stereocenters. The Bertz CT molecular complexity index is 450. The van der Waals surface area contributed by atoms with Gasteiger partial charge in [-0.1, -0.05) is 12.1 Å². The highest BCUT2D eigenvalue weighted by Gasteiger charge is 2.31. The molecule has 0 saturated carbocycles. The summed E-state index contributed by atoms with van der Waals surface area (Å²) in [5.41, 5.74) is 4.82. The summed E-state index contributed by atoms with van der Waals surface area (Å²) in [6.07, 6.45) is -8.40. The Kier molecular flexibility index (Phi) is 4.73. The predicted octanol–water partition coefficient (Wildman–Crippen LogP) is 0.855. The number of rotatable bonds is 5. The summed E-state index contributed by atoms with van der Waals surface area (Å²) in [5.74, 6) is -1.37. The number of primary amides is 1. The molecule has 0 bridgehead atoms. The number of nitrogens with two attached hydrogens (primary N) is 1. The Morgan fingerprint density at radius 1 is 1.37 bits per heavy atom. The van der Waals surface area contributed by atoms with Crippen LogP contribution in [0.15, 0.2) is 24.3 Å². The molecule has 0 saturated heterocycles. The van der Waals surface area contributed by atoms with Gasteiger partial charge in [0.1, 0.15) is 11.9 Å². The van der Waals surface area contributed by atoms with Gasteiger partial charge < -0.3 is 20.7 Å². The fourth-order valence-electron chi connectivity index (χ4n) is 1.44. The highest BCUT2D eigenvalue weighted by molar-refractivity contribution is 5.74. The Hall–Kier alpha value is -1.80. The van der Waals surface area contributed by atoms with Crippen LogP contribution in [0.1, 0.15) is 18.1 Å². The number of hydrogen-bond acceptors (Lipinski definition) is 4. The molecular weight excluding hydrogens is 267 g/mol. The minimum atomic E-state index is -4.85. The van der Waals surface area contributed by atoms with Crippen LogP contribution < -0.4 is 10.5 Å². The molecule has 0 fully saturated rings. The molecule has 1 amide bonds. The van der Waals surface area contributed by atoms with E-state index in [1.807, 2.05) is 0 Å². The number of carbonyl (C=O) groups excluding carboxylic acids is 1. The quantitative estimate of drug-likeness (QED) is 0.745. The Labute approximate surface area is 106 Å². The monoisotopic (exact) mass is 279 g/mol. The van der Waals surface area contributed by atoms with Gasteiger partial charge in [-0.05, 0) is 17.7 Å². The molecule has 0 aliphatic heterocycles. The number of ether oxygens (including phenoxy) is 1. The summed E-state index contributed by atoms with van der Waals surface area (Å²) in [5, 5.41) is 19.1. The van der Waals surface area contributed by atoms with Crippen molar-refractivity contribution >= 4 is 5.91 Å². The summed E-state index contributed by atoms with van der Waals surface area (Å²) in [4.78, 5) is 10.6. The van der Waals surface area contributed by atoms with Crippen molar-refractivity contribution in [2.45, 2.75) is 25.0 Å². The van der Waals surface area contributed by atoms with E-state index in [1.54, 1.807) is 0 Å². The molecule has 19 heavy (non-hydrogen) atoms. The van der Waals surface area contributed by atoms with Gasteiger partial charge in [-0.25, -0.2) is 0 Å². The molecule has 0 aliphatic carbocycles. The Morgan fingerprint density at radius 2 is 2.00 bits per heavy atom. The van der Waals surface area contributed by atoms with E-state index >= 15 is 0 Å². The SMILES string of the molecule is NC(=O)CC(O)C(O)c1cccc(OC(F)(F)F)c1. The van der Waals surface area contributed by atoms with Crippen molar-refractivity contribution in [3.8, 4) is 5.75 Å². The van der Waals surface area contributed by atoms with Crippen LogP contribution in [-0.4, -0.2) is 28.6 Å². The number of amides is 1. The lowest BCUT2D eigenvalue weighted by molar-refractivity contribution is -0.274. The van der Waals surface area contributed by atoms with Crippen molar-refractivity contribution in [1.29, 1.82) is 0 Å². The van der Waals surface area contributed by atoms with Crippen LogP contribution >= 0.6 is 0 Å². The van der Waals surface area contributed by atoms with E-state index in [4.69, 9.17) is 5.73 Å². The van der Waals surface area contributed by atoms with E-state index in [9.17, 15) is 28.2 Å². The first-order valence-corrected chi connectivity index (χ1v) is 5.19. The van der Waals surface area contributed by atoms with Gasteiger partial charge in [0.15, 0.2) is 0 Å². The van der Waals surface area contributed by atoms with Crippen molar-refractivity contribution < 1.29 is 32.9 Å². The topological polar surface area (TPSA) is 92.8 Å². The first-order chi connectivity index (χ1) is 8.69. The lowest BCUT2D eigenvalue weighted by atomic mass is 10.0. The second-order valence-electron chi connectivity index (χ2n) is 3.80. The zero-order valence-corrected chi connectivity index (χ0v) is 9.59. The van der Waals surface area contributed by atoms with Crippen LogP contribution in [0.4, 0.5) is 13.2 Å². The van der Waals surface area contributed by atoms with Crippen LogP contribution in [0.3, 0.4) is 0 Å². The third kappa shape index (κ3) is 5.14. The fraction of sp³-hybridized carbons (Fsp3) is 0.364. The maximum absolute atomic E-state index is 12.0. The molecule has 106 valence electrons. The molecule has 0 heterocycles. The Morgan fingerprint density at radius 3 is 2.53 bits per heavy atom. The van der Waals surface area contributed by atoms with Gasteiger partial charge in [-0.2, -0.15) is 0 Å². The lowest BCUT2D eigenvalue weighted by Crippen LogP contribution is -2.25. The maximum Gasteiger partial charge on any atom is 0.573 e. The van der Waals surface area contributed by atoms with Crippen molar-refractivity contribution in [3.05, 3.63) is 29.8 Å². The van der Waals surface area contributed by atoms with E-state index in [0.29, 0.717) is 0 Å². The van der Waals surface area contributed by atoms with E-state index in [-0.39, 0.29) is 5.56 Å². The standard InChI is InChI=1S/C11H12F3NO4/c12-11(13,14)19-7-3-1-2-6(4-7)10(18)8(16)5-9(15)17/h1-4,8,10,16,18H,5H2,(H2,15,17). The molecule has 5 nitrogen and oxygen atoms in total. The van der Waals surface area contributed by atoms with Crippen molar-refractivity contribution in [3.63, 3.8) is 0 Å². The minimum Gasteiger partial charge on any atom is -0.406 e. The highest BCUT2D eigenvalue weighted by atomic mass is 19.4. The zero-order valence-electron chi connectivity index (χ0n) is 9.59. The molecular formula is C11H12F3NO4. The average molecular weight is 279 g/mol. The van der Waals surface area contributed by atoms with Gasteiger partial charge in [0, 0.05) is 0 Å². The molecule has 1 aromatic rings. The molecule has 2 atom stereocenters. The van der Waals surface area contributed by atoms with Gasteiger partial charge in [0.05, 0.1) is 12.5 Å². The van der Waals surface area contributed by atoms with Gasteiger partial charge >= 0.3 is 6.36 Å². The molecule has 0 aliphatic rings. The molecule has 1 aromatic carbocycles. The van der Waals surface area contributed by atoms with E-state index in [0.717, 1.165) is 12.1 Å². The fourth-order valence-corrected chi connectivity index (χ4v) is 1.44. The summed E-state index contributed by atoms with van der Waals surface area (Å²) < 4.78 is 39.7. The number of carbonyl (C=O) groups is 1. The molecule has 0 radical (unpaired) electrons. The third-order valence-corrected chi connectivity index (χ3v) is 2.21. The maximum atomic E-state index is 12.0. The van der Waals surface area contributed by atoms with Gasteiger partial charge in [0.25, 0.3) is 0 Å². The number of alkyl halides is 3. The van der Waals surface area contributed by atoms with E-state index in [2.05, 4.69) is 4.74 Å². The molecule has 8 heteroatoms. The van der Waals surface area contributed by atoms with E-state index < -0.39 is 36.6 Å². The van der Waals surface area contributed by atoms with Gasteiger partial charge in [-0.15, -0.1) is 13.2 Å². The van der Waals surface area contributed by atoms with Gasteiger partial charge in [-0.3, -0.25) is 4.79 Å². The second kappa shape index (κ2) is 5.89. The zero-order chi connectivity index (χ0) is 14.6. The minimum absolute atomic E-state index is 0.0181. The number of halogens is 3. The average Bonchev–Trinajstić information content (AvgIpc) is 2.25. The van der Waals surface area contributed by atoms with Crippen LogP contribution in [0.25, 0.3) is 0 Å². The first-order valence-electron chi connectivity index (χ1n) is 5.19. The first kappa shape index (κ1) is 15.3. The summed E-state index contributed by atoms with van der Waals surface area (Å²) in [7, 11) is 0. The van der Waals surface area contributed by atoms with E-state index in [1.165, 1.54) is 12.1 Å². The predicted molar refractivity (Wildman–Crippen MR) is 57.9 cm³/mol. The number of hydrogen-bond donors (Lipinski definition) is 3. The largest absolute Gasteiger partial charge is 0.573 e.